The molecule has 0 fully saturated rings. The highest BCUT2D eigenvalue weighted by molar-refractivity contribution is 4.94. The first-order valence-corrected chi connectivity index (χ1v) is 3.66. The van der Waals surface area contributed by atoms with Crippen LogP contribution in [0.1, 0.15) is 32.1 Å². The molecule has 1 heteroatoms. The summed E-state index contributed by atoms with van der Waals surface area (Å²) in [6.07, 6.45) is 8.59. The minimum atomic E-state index is 1.15. The van der Waals surface area contributed by atoms with Crippen LogP contribution in [-0.2, 0) is 4.74 Å². The van der Waals surface area contributed by atoms with E-state index in [2.05, 4.69) is 6.08 Å². The Bertz CT molecular complexity index is 105. The van der Waals surface area contributed by atoms with Crippen LogP contribution in [0.5, 0.6) is 0 Å². The van der Waals surface area contributed by atoms with Crippen LogP contribution in [-0.4, -0.2) is 7.11 Å². The van der Waals surface area contributed by atoms with E-state index in [1.165, 1.54) is 31.4 Å². The fraction of sp³-hybridized carbons (Fsp3) is 0.750. The van der Waals surface area contributed by atoms with Crippen LogP contribution >= 0.6 is 0 Å². The summed E-state index contributed by atoms with van der Waals surface area (Å²) >= 11 is 0. The van der Waals surface area contributed by atoms with Crippen LogP contribution in [0.25, 0.3) is 0 Å². The molecule has 0 bridgehead atoms. The molecule has 0 atom stereocenters. The van der Waals surface area contributed by atoms with Crippen molar-refractivity contribution in [1.82, 2.24) is 0 Å². The Morgan fingerprint density at radius 3 is 3.00 bits per heavy atom. The van der Waals surface area contributed by atoms with Gasteiger partial charge in [-0.1, -0.05) is 6.42 Å². The Kier molecular flexibility index (Phi) is 2.62. The second-order valence-corrected chi connectivity index (χ2v) is 2.47. The van der Waals surface area contributed by atoms with Crippen LogP contribution < -0.4 is 0 Å². The van der Waals surface area contributed by atoms with Gasteiger partial charge in [0.1, 0.15) is 0 Å². The smallest absolute Gasteiger partial charge is 0.0915 e. The third-order valence-corrected chi connectivity index (χ3v) is 1.76. The van der Waals surface area contributed by atoms with Crippen molar-refractivity contribution in [2.75, 3.05) is 7.11 Å². The molecule has 1 aliphatic rings. The van der Waals surface area contributed by atoms with Gasteiger partial charge in [0.05, 0.1) is 12.9 Å². The number of allylic oxidation sites excluding steroid dienone is 2. The lowest BCUT2D eigenvalue weighted by Crippen LogP contribution is -1.83. The van der Waals surface area contributed by atoms with E-state index in [0.717, 1.165) is 6.42 Å². The van der Waals surface area contributed by atoms with Crippen LogP contribution in [0.3, 0.4) is 0 Å². The summed E-state index contributed by atoms with van der Waals surface area (Å²) < 4.78 is 5.13. The number of hydrogen-bond donors (Lipinski definition) is 0. The third-order valence-electron chi connectivity index (χ3n) is 1.76. The molecule has 0 spiro atoms. The van der Waals surface area contributed by atoms with Crippen molar-refractivity contribution in [3.8, 4) is 0 Å². The molecule has 0 heterocycles. The Hall–Kier alpha value is -0.460. The van der Waals surface area contributed by atoms with Gasteiger partial charge in [0.2, 0.25) is 0 Å². The summed E-state index contributed by atoms with van der Waals surface area (Å²) in [6.45, 7) is 0. The second kappa shape index (κ2) is 3.54. The van der Waals surface area contributed by atoms with Gasteiger partial charge in [0.15, 0.2) is 0 Å². The fourth-order valence-corrected chi connectivity index (χ4v) is 1.17. The zero-order chi connectivity index (χ0) is 6.53. The molecule has 1 nitrogen and oxygen atoms in total. The average molecular weight is 126 g/mol. The normalized spacial score (nSPS) is 20.3. The van der Waals surface area contributed by atoms with Crippen molar-refractivity contribution in [2.45, 2.75) is 32.1 Å². The highest BCUT2D eigenvalue weighted by atomic mass is 16.5. The fourth-order valence-electron chi connectivity index (χ4n) is 1.17. The lowest BCUT2D eigenvalue weighted by atomic mass is 10.2. The van der Waals surface area contributed by atoms with Gasteiger partial charge in [0.25, 0.3) is 0 Å². The highest BCUT2D eigenvalue weighted by Crippen LogP contribution is 2.16. The van der Waals surface area contributed by atoms with Crippen LogP contribution in [0, 0.1) is 0 Å². The predicted molar refractivity (Wildman–Crippen MR) is 38.2 cm³/mol. The first-order valence-electron chi connectivity index (χ1n) is 3.66. The molecular formula is C8H14O. The number of hydrogen-bond acceptors (Lipinski definition) is 1. The summed E-state index contributed by atoms with van der Waals surface area (Å²) in [6, 6.07) is 0. The molecular weight excluding hydrogens is 112 g/mol. The van der Waals surface area contributed by atoms with Crippen molar-refractivity contribution < 1.29 is 4.74 Å². The van der Waals surface area contributed by atoms with Gasteiger partial charge in [0, 0.05) is 6.42 Å². The van der Waals surface area contributed by atoms with E-state index < -0.39 is 0 Å². The summed E-state index contributed by atoms with van der Waals surface area (Å²) in [5, 5.41) is 0. The molecule has 0 aliphatic heterocycles. The molecule has 0 radical (unpaired) electrons. The quantitative estimate of drug-likeness (QED) is 0.524. The van der Waals surface area contributed by atoms with Crippen LogP contribution in [0.4, 0.5) is 0 Å². The topological polar surface area (TPSA) is 9.23 Å². The van der Waals surface area contributed by atoms with Gasteiger partial charge >= 0.3 is 0 Å². The van der Waals surface area contributed by atoms with Gasteiger partial charge in [-0.05, 0) is 25.3 Å². The first kappa shape index (κ1) is 6.66. The van der Waals surface area contributed by atoms with Gasteiger partial charge in [-0.15, -0.1) is 0 Å². The minimum absolute atomic E-state index is 1.15. The molecule has 9 heavy (non-hydrogen) atoms. The molecule has 0 aromatic heterocycles. The maximum atomic E-state index is 5.13. The van der Waals surface area contributed by atoms with Crippen molar-refractivity contribution in [2.24, 2.45) is 0 Å². The van der Waals surface area contributed by atoms with E-state index >= 15 is 0 Å². The van der Waals surface area contributed by atoms with Crippen molar-refractivity contribution in [1.29, 1.82) is 0 Å². The molecule has 0 amide bonds. The molecule has 52 valence electrons. The monoisotopic (exact) mass is 126 g/mol. The lowest BCUT2D eigenvalue weighted by Gasteiger charge is -2.00. The standard InChI is InChI=1S/C8H14O/c1-9-8-6-4-2-3-5-7-8/h6H,2-5,7H2,1H3. The maximum absolute atomic E-state index is 5.13. The molecule has 0 saturated carbocycles. The average Bonchev–Trinajstić information content (AvgIpc) is 2.13. The van der Waals surface area contributed by atoms with Crippen LogP contribution in [0.2, 0.25) is 0 Å². The summed E-state index contributed by atoms with van der Waals surface area (Å²) in [5.74, 6) is 1.19. The second-order valence-electron chi connectivity index (χ2n) is 2.47. The van der Waals surface area contributed by atoms with E-state index in [9.17, 15) is 0 Å². The van der Waals surface area contributed by atoms with Gasteiger partial charge in [-0.25, -0.2) is 0 Å². The van der Waals surface area contributed by atoms with Gasteiger partial charge < -0.3 is 4.74 Å². The largest absolute Gasteiger partial charge is 0.501 e. The highest BCUT2D eigenvalue weighted by Gasteiger charge is 2.00. The van der Waals surface area contributed by atoms with Crippen molar-refractivity contribution in [3.63, 3.8) is 0 Å². The zero-order valence-electron chi connectivity index (χ0n) is 6.02. The first-order chi connectivity index (χ1) is 4.43. The van der Waals surface area contributed by atoms with E-state index in [1.54, 1.807) is 7.11 Å². The summed E-state index contributed by atoms with van der Waals surface area (Å²) in [4.78, 5) is 0. The Balaban J connectivity index is 2.37. The van der Waals surface area contributed by atoms with Crippen molar-refractivity contribution >= 4 is 0 Å². The molecule has 1 rings (SSSR count). The summed E-state index contributed by atoms with van der Waals surface area (Å²) in [7, 11) is 1.76. The van der Waals surface area contributed by atoms with Crippen LogP contribution in [0.15, 0.2) is 11.8 Å². The van der Waals surface area contributed by atoms with Crippen molar-refractivity contribution in [3.05, 3.63) is 11.8 Å². The SMILES string of the molecule is COC1=CCCCCC1. The molecule has 0 unspecified atom stereocenters. The third kappa shape index (κ3) is 2.08. The number of methoxy groups -OCH3 is 1. The van der Waals surface area contributed by atoms with E-state index in [4.69, 9.17) is 4.74 Å². The minimum Gasteiger partial charge on any atom is -0.501 e. The Morgan fingerprint density at radius 2 is 2.22 bits per heavy atom. The predicted octanol–water partition coefficient (Wildman–Crippen LogP) is 2.48. The maximum Gasteiger partial charge on any atom is 0.0915 e. The van der Waals surface area contributed by atoms with E-state index in [1.807, 2.05) is 0 Å². The molecule has 0 N–H and O–H groups in total. The van der Waals surface area contributed by atoms with E-state index in [0.29, 0.717) is 0 Å². The molecule has 1 aliphatic carbocycles. The number of rotatable bonds is 1. The Morgan fingerprint density at radius 1 is 1.33 bits per heavy atom. The number of ether oxygens (including phenoxy) is 1. The van der Waals surface area contributed by atoms with Gasteiger partial charge in [-0.3, -0.25) is 0 Å². The zero-order valence-corrected chi connectivity index (χ0v) is 6.02. The summed E-state index contributed by atoms with van der Waals surface area (Å²) in [5.41, 5.74) is 0. The van der Waals surface area contributed by atoms with Gasteiger partial charge in [-0.2, -0.15) is 0 Å². The van der Waals surface area contributed by atoms with E-state index in [-0.39, 0.29) is 0 Å². The Labute approximate surface area is 56.7 Å². The molecule has 0 aromatic carbocycles. The lowest BCUT2D eigenvalue weighted by molar-refractivity contribution is 0.275. The molecule has 0 saturated heterocycles. The molecule has 0 aromatic rings.